The van der Waals surface area contributed by atoms with Gasteiger partial charge < -0.3 is 4.74 Å². The molecule has 106 valence electrons. The molecule has 0 amide bonds. The Balaban J connectivity index is 1.95. The Bertz CT molecular complexity index is 790. The Labute approximate surface area is 124 Å². The Morgan fingerprint density at radius 3 is 2.29 bits per heavy atom. The summed E-state index contributed by atoms with van der Waals surface area (Å²) in [5.41, 5.74) is 0.619. The lowest BCUT2D eigenvalue weighted by atomic mass is 10.0. The van der Waals surface area contributed by atoms with Crippen LogP contribution in [-0.2, 0) is 4.74 Å². The second-order valence-corrected chi connectivity index (χ2v) is 5.25. The second-order valence-electron chi connectivity index (χ2n) is 5.25. The first-order chi connectivity index (χ1) is 10.3. The van der Waals surface area contributed by atoms with Gasteiger partial charge in [-0.05, 0) is 52.2 Å². The van der Waals surface area contributed by atoms with Gasteiger partial charge in [0.05, 0.1) is 12.2 Å². The zero-order valence-corrected chi connectivity index (χ0v) is 12.1. The first kappa shape index (κ1) is 13.6. The van der Waals surface area contributed by atoms with Crippen LogP contribution in [0, 0.1) is 0 Å². The van der Waals surface area contributed by atoms with Gasteiger partial charge in [0.1, 0.15) is 0 Å². The fraction of sp³-hybridized carbons (Fsp3) is 0.211. The van der Waals surface area contributed by atoms with Gasteiger partial charge in [-0.15, -0.1) is 0 Å². The number of carbonyl (C=O) groups is 1. The summed E-state index contributed by atoms with van der Waals surface area (Å²) in [7, 11) is 0. The van der Waals surface area contributed by atoms with E-state index >= 15 is 0 Å². The molecule has 0 aliphatic heterocycles. The van der Waals surface area contributed by atoms with E-state index in [2.05, 4.69) is 31.2 Å². The Kier molecular flexibility index (Phi) is 3.87. The molecule has 0 unspecified atom stereocenters. The zero-order valence-electron chi connectivity index (χ0n) is 12.1. The summed E-state index contributed by atoms with van der Waals surface area (Å²) in [6.45, 7) is 2.57. The van der Waals surface area contributed by atoms with Gasteiger partial charge in [-0.1, -0.05) is 43.7 Å². The van der Waals surface area contributed by atoms with E-state index in [0.29, 0.717) is 12.2 Å². The van der Waals surface area contributed by atoms with Crippen molar-refractivity contribution in [1.29, 1.82) is 0 Å². The molecule has 2 heteroatoms. The zero-order chi connectivity index (χ0) is 14.7. The summed E-state index contributed by atoms with van der Waals surface area (Å²) in [6, 6.07) is 18.2. The summed E-state index contributed by atoms with van der Waals surface area (Å²) < 4.78 is 5.27. The number of hydrogen-bond acceptors (Lipinski definition) is 2. The molecule has 0 aliphatic rings. The number of unbranched alkanes of at least 4 members (excludes halogenated alkanes) is 1. The van der Waals surface area contributed by atoms with E-state index < -0.39 is 0 Å². The van der Waals surface area contributed by atoms with Crippen LogP contribution in [0.1, 0.15) is 30.1 Å². The van der Waals surface area contributed by atoms with E-state index in [1.54, 1.807) is 0 Å². The lowest BCUT2D eigenvalue weighted by Crippen LogP contribution is -2.06. The van der Waals surface area contributed by atoms with Crippen LogP contribution < -0.4 is 0 Å². The SMILES string of the molecule is CCCCOC(=O)c1ccc2cc3ccccc3cc2c1. The van der Waals surface area contributed by atoms with Gasteiger partial charge in [0.25, 0.3) is 0 Å². The Morgan fingerprint density at radius 1 is 0.905 bits per heavy atom. The van der Waals surface area contributed by atoms with Crippen molar-refractivity contribution in [2.75, 3.05) is 6.61 Å². The predicted molar refractivity (Wildman–Crippen MR) is 86.6 cm³/mol. The van der Waals surface area contributed by atoms with Crippen LogP contribution in [0.2, 0.25) is 0 Å². The van der Waals surface area contributed by atoms with Crippen molar-refractivity contribution in [3.05, 3.63) is 60.2 Å². The van der Waals surface area contributed by atoms with Crippen molar-refractivity contribution in [2.45, 2.75) is 19.8 Å². The van der Waals surface area contributed by atoms with E-state index in [9.17, 15) is 4.79 Å². The summed E-state index contributed by atoms with van der Waals surface area (Å²) in [4.78, 5) is 12.0. The first-order valence-electron chi connectivity index (χ1n) is 7.37. The fourth-order valence-electron chi connectivity index (χ4n) is 2.46. The fourth-order valence-corrected chi connectivity index (χ4v) is 2.46. The molecule has 0 heterocycles. The van der Waals surface area contributed by atoms with E-state index in [-0.39, 0.29) is 5.97 Å². The van der Waals surface area contributed by atoms with Crippen LogP contribution >= 0.6 is 0 Å². The van der Waals surface area contributed by atoms with Gasteiger partial charge in [0.15, 0.2) is 0 Å². The first-order valence-corrected chi connectivity index (χ1v) is 7.37. The van der Waals surface area contributed by atoms with Crippen molar-refractivity contribution in [3.63, 3.8) is 0 Å². The summed E-state index contributed by atoms with van der Waals surface area (Å²) in [5.74, 6) is -0.237. The number of hydrogen-bond donors (Lipinski definition) is 0. The topological polar surface area (TPSA) is 26.3 Å². The van der Waals surface area contributed by atoms with Crippen molar-refractivity contribution >= 4 is 27.5 Å². The molecule has 0 aromatic heterocycles. The third kappa shape index (κ3) is 2.89. The van der Waals surface area contributed by atoms with Crippen LogP contribution in [0.25, 0.3) is 21.5 Å². The molecule has 0 radical (unpaired) electrons. The van der Waals surface area contributed by atoms with Crippen molar-refractivity contribution < 1.29 is 9.53 Å². The van der Waals surface area contributed by atoms with Gasteiger partial charge >= 0.3 is 5.97 Å². The van der Waals surface area contributed by atoms with Gasteiger partial charge in [-0.25, -0.2) is 4.79 Å². The molecule has 0 saturated carbocycles. The minimum absolute atomic E-state index is 0.237. The maximum atomic E-state index is 12.0. The molecule has 0 atom stereocenters. The van der Waals surface area contributed by atoms with Gasteiger partial charge in [0, 0.05) is 0 Å². The van der Waals surface area contributed by atoms with E-state index in [1.807, 2.05) is 30.3 Å². The van der Waals surface area contributed by atoms with E-state index in [1.165, 1.54) is 10.8 Å². The lowest BCUT2D eigenvalue weighted by Gasteiger charge is -2.06. The summed E-state index contributed by atoms with van der Waals surface area (Å²) in [5, 5.41) is 4.60. The van der Waals surface area contributed by atoms with Crippen molar-refractivity contribution in [1.82, 2.24) is 0 Å². The minimum atomic E-state index is -0.237. The quantitative estimate of drug-likeness (QED) is 0.383. The third-order valence-corrected chi connectivity index (χ3v) is 3.67. The highest BCUT2D eigenvalue weighted by Gasteiger charge is 2.08. The average molecular weight is 278 g/mol. The molecule has 0 saturated heterocycles. The summed E-state index contributed by atoms with van der Waals surface area (Å²) >= 11 is 0. The molecular weight excluding hydrogens is 260 g/mol. The molecule has 3 aromatic rings. The van der Waals surface area contributed by atoms with Crippen LogP contribution in [-0.4, -0.2) is 12.6 Å². The highest BCUT2D eigenvalue weighted by molar-refractivity contribution is 6.01. The molecule has 3 rings (SSSR count). The third-order valence-electron chi connectivity index (χ3n) is 3.67. The largest absolute Gasteiger partial charge is 0.462 e. The highest BCUT2D eigenvalue weighted by atomic mass is 16.5. The van der Waals surface area contributed by atoms with Gasteiger partial charge in [-0.3, -0.25) is 0 Å². The smallest absolute Gasteiger partial charge is 0.338 e. The maximum absolute atomic E-state index is 12.0. The number of esters is 1. The van der Waals surface area contributed by atoms with Crippen molar-refractivity contribution in [3.8, 4) is 0 Å². The minimum Gasteiger partial charge on any atom is -0.462 e. The second kappa shape index (κ2) is 5.96. The van der Waals surface area contributed by atoms with Crippen LogP contribution in [0.5, 0.6) is 0 Å². The molecule has 0 fully saturated rings. The maximum Gasteiger partial charge on any atom is 0.338 e. The van der Waals surface area contributed by atoms with Crippen LogP contribution in [0.15, 0.2) is 54.6 Å². The molecule has 0 spiro atoms. The van der Waals surface area contributed by atoms with Gasteiger partial charge in [0.2, 0.25) is 0 Å². The predicted octanol–water partition coefficient (Wildman–Crippen LogP) is 4.95. The summed E-state index contributed by atoms with van der Waals surface area (Å²) in [6.07, 6.45) is 1.93. The lowest BCUT2D eigenvalue weighted by molar-refractivity contribution is 0.0500. The molecule has 0 aliphatic carbocycles. The number of carbonyl (C=O) groups excluding carboxylic acids is 1. The van der Waals surface area contributed by atoms with E-state index in [4.69, 9.17) is 4.74 Å². The number of benzene rings is 3. The number of ether oxygens (including phenoxy) is 1. The van der Waals surface area contributed by atoms with Gasteiger partial charge in [-0.2, -0.15) is 0 Å². The van der Waals surface area contributed by atoms with E-state index in [0.717, 1.165) is 23.6 Å². The molecule has 0 N–H and O–H groups in total. The monoisotopic (exact) mass is 278 g/mol. The Morgan fingerprint density at radius 2 is 1.57 bits per heavy atom. The Hall–Kier alpha value is -2.35. The molecule has 2 nitrogen and oxygen atoms in total. The average Bonchev–Trinajstić information content (AvgIpc) is 2.52. The molecule has 21 heavy (non-hydrogen) atoms. The van der Waals surface area contributed by atoms with Crippen molar-refractivity contribution in [2.24, 2.45) is 0 Å². The van der Waals surface area contributed by atoms with Crippen LogP contribution in [0.4, 0.5) is 0 Å². The standard InChI is InChI=1S/C19H18O2/c1-2-3-10-21-19(20)17-9-8-16-11-14-6-4-5-7-15(14)12-18(16)13-17/h4-9,11-13H,2-3,10H2,1H3. The van der Waals surface area contributed by atoms with Crippen LogP contribution in [0.3, 0.4) is 0 Å². The molecular formula is C19H18O2. The number of fused-ring (bicyclic) bond motifs is 2. The highest BCUT2D eigenvalue weighted by Crippen LogP contribution is 2.24. The normalized spacial score (nSPS) is 10.9. The molecule has 3 aromatic carbocycles. The molecule has 0 bridgehead atoms. The number of rotatable bonds is 4.